The number of carboxylic acid groups (broad SMARTS) is 1. The Morgan fingerprint density at radius 2 is 2.00 bits per heavy atom. The smallest absolute Gasteiger partial charge is 0.326 e. The van der Waals surface area contributed by atoms with Gasteiger partial charge in [-0.15, -0.1) is 0 Å². The largest absolute Gasteiger partial charge is 0.480 e. The van der Waals surface area contributed by atoms with E-state index in [1.807, 2.05) is 18.2 Å². The van der Waals surface area contributed by atoms with Gasteiger partial charge in [0.05, 0.1) is 29.9 Å². The zero-order chi connectivity index (χ0) is 17.4. The van der Waals surface area contributed by atoms with Gasteiger partial charge in [0.25, 0.3) is 0 Å². The molecule has 1 atom stereocenters. The number of aliphatic carboxylic acids is 1. The van der Waals surface area contributed by atoms with Crippen molar-refractivity contribution in [2.75, 3.05) is 26.9 Å². The molecule has 2 rings (SSSR count). The molecule has 128 valence electrons. The summed E-state index contributed by atoms with van der Waals surface area (Å²) in [6, 6.07) is 6.19. The van der Waals surface area contributed by atoms with Gasteiger partial charge in [0.1, 0.15) is 12.6 Å². The lowest BCUT2D eigenvalue weighted by Gasteiger charge is -2.14. The minimum Gasteiger partial charge on any atom is -0.480 e. The number of ether oxygens (including phenoxy) is 2. The predicted octanol–water partition coefficient (Wildman–Crippen LogP) is 0.405. The Morgan fingerprint density at radius 1 is 1.25 bits per heavy atom. The first-order valence-electron chi connectivity index (χ1n) is 7.39. The van der Waals surface area contributed by atoms with E-state index >= 15 is 0 Å². The van der Waals surface area contributed by atoms with Crippen LogP contribution in [-0.4, -0.2) is 59.9 Å². The number of carbonyl (C=O) groups excluding carboxylic acids is 1. The highest BCUT2D eigenvalue weighted by molar-refractivity contribution is 5.84. The molecule has 0 saturated carbocycles. The first kappa shape index (κ1) is 17.8. The lowest BCUT2D eigenvalue weighted by Crippen LogP contribution is -2.44. The lowest BCUT2D eigenvalue weighted by molar-refractivity contribution is -0.142. The molecule has 2 aromatic rings. The van der Waals surface area contributed by atoms with Gasteiger partial charge in [-0.2, -0.15) is 0 Å². The van der Waals surface area contributed by atoms with Gasteiger partial charge >= 0.3 is 5.97 Å². The summed E-state index contributed by atoms with van der Waals surface area (Å²) in [5.74, 6) is -1.65. The molecule has 8 nitrogen and oxygen atoms in total. The predicted molar refractivity (Wildman–Crippen MR) is 85.5 cm³/mol. The monoisotopic (exact) mass is 333 g/mol. The molecule has 1 heterocycles. The Balaban J connectivity index is 1.96. The van der Waals surface area contributed by atoms with E-state index < -0.39 is 17.9 Å². The van der Waals surface area contributed by atoms with Gasteiger partial charge in [-0.3, -0.25) is 9.78 Å². The summed E-state index contributed by atoms with van der Waals surface area (Å²) < 4.78 is 9.86. The van der Waals surface area contributed by atoms with Crippen LogP contribution in [0.15, 0.2) is 30.5 Å². The summed E-state index contributed by atoms with van der Waals surface area (Å²) in [6.45, 7) is 0.399. The summed E-state index contributed by atoms with van der Waals surface area (Å²) in [7, 11) is 1.52. The first-order valence-corrected chi connectivity index (χ1v) is 7.39. The van der Waals surface area contributed by atoms with Crippen LogP contribution in [0.5, 0.6) is 0 Å². The van der Waals surface area contributed by atoms with Gasteiger partial charge in [-0.1, -0.05) is 12.1 Å². The SMILES string of the molecule is COCCOCC(=O)N[C@H](Cc1cnc2ccccc2n1)C(=O)O. The third kappa shape index (κ3) is 5.25. The zero-order valence-corrected chi connectivity index (χ0v) is 13.3. The fraction of sp³-hybridized carbons (Fsp3) is 0.375. The summed E-state index contributed by atoms with van der Waals surface area (Å²) in [5, 5.41) is 11.7. The van der Waals surface area contributed by atoms with Crippen LogP contribution in [0.2, 0.25) is 0 Å². The summed E-state index contributed by atoms with van der Waals surface area (Å²) in [6.07, 6.45) is 1.55. The van der Waals surface area contributed by atoms with Crippen molar-refractivity contribution in [3.63, 3.8) is 0 Å². The number of aromatic nitrogens is 2. The number of benzene rings is 1. The second-order valence-corrected chi connectivity index (χ2v) is 5.06. The van der Waals surface area contributed by atoms with Gasteiger partial charge in [-0.05, 0) is 12.1 Å². The van der Waals surface area contributed by atoms with E-state index in [1.165, 1.54) is 13.3 Å². The summed E-state index contributed by atoms with van der Waals surface area (Å²) >= 11 is 0. The Morgan fingerprint density at radius 3 is 2.71 bits per heavy atom. The molecule has 8 heteroatoms. The van der Waals surface area contributed by atoms with E-state index in [4.69, 9.17) is 9.47 Å². The molecule has 0 radical (unpaired) electrons. The number of hydrogen-bond donors (Lipinski definition) is 2. The van der Waals surface area contributed by atoms with Gasteiger partial charge in [0.2, 0.25) is 5.91 Å². The van der Waals surface area contributed by atoms with Gasteiger partial charge in [0.15, 0.2) is 0 Å². The van der Waals surface area contributed by atoms with E-state index in [1.54, 1.807) is 6.07 Å². The molecule has 0 saturated heterocycles. The molecule has 1 amide bonds. The molecule has 1 aromatic heterocycles. The van der Waals surface area contributed by atoms with Crippen molar-refractivity contribution >= 4 is 22.9 Å². The number of nitrogens with zero attached hydrogens (tertiary/aromatic N) is 2. The maximum absolute atomic E-state index is 11.7. The molecule has 0 fully saturated rings. The van der Waals surface area contributed by atoms with E-state index in [2.05, 4.69) is 15.3 Å². The number of fused-ring (bicyclic) bond motifs is 1. The number of nitrogens with one attached hydrogen (secondary N) is 1. The fourth-order valence-corrected chi connectivity index (χ4v) is 2.05. The highest BCUT2D eigenvalue weighted by Crippen LogP contribution is 2.09. The quantitative estimate of drug-likeness (QED) is 0.639. The normalized spacial score (nSPS) is 12.0. The molecule has 0 unspecified atom stereocenters. The van der Waals surface area contributed by atoms with Crippen LogP contribution in [0, 0.1) is 0 Å². The Labute approximate surface area is 138 Å². The van der Waals surface area contributed by atoms with Crippen LogP contribution in [-0.2, 0) is 25.5 Å². The topological polar surface area (TPSA) is 111 Å². The van der Waals surface area contributed by atoms with Crippen LogP contribution in [0.4, 0.5) is 0 Å². The highest BCUT2D eigenvalue weighted by Gasteiger charge is 2.21. The minimum absolute atomic E-state index is 0.0387. The van der Waals surface area contributed by atoms with E-state index in [0.29, 0.717) is 17.8 Å². The van der Waals surface area contributed by atoms with Crippen LogP contribution in [0.25, 0.3) is 11.0 Å². The van der Waals surface area contributed by atoms with Crippen LogP contribution in [0.3, 0.4) is 0 Å². The van der Waals surface area contributed by atoms with E-state index in [9.17, 15) is 14.7 Å². The zero-order valence-electron chi connectivity index (χ0n) is 13.3. The van der Waals surface area contributed by atoms with Crippen molar-refractivity contribution in [1.82, 2.24) is 15.3 Å². The van der Waals surface area contributed by atoms with Crippen molar-refractivity contribution in [1.29, 1.82) is 0 Å². The fourth-order valence-electron chi connectivity index (χ4n) is 2.05. The van der Waals surface area contributed by atoms with E-state index in [-0.39, 0.29) is 19.6 Å². The van der Waals surface area contributed by atoms with Crippen molar-refractivity contribution in [2.45, 2.75) is 12.5 Å². The first-order chi connectivity index (χ1) is 11.6. The number of para-hydroxylation sites is 2. The standard InChI is InChI=1S/C16H19N3O5/c1-23-6-7-24-10-15(20)19-14(16(21)22)8-11-9-17-12-4-2-3-5-13(12)18-11/h2-5,9,14H,6-8,10H2,1H3,(H,19,20)(H,21,22)/t14-/m1/s1. The van der Waals surface area contributed by atoms with E-state index in [0.717, 1.165) is 5.52 Å². The van der Waals surface area contributed by atoms with Gasteiger partial charge in [0, 0.05) is 19.7 Å². The molecule has 24 heavy (non-hydrogen) atoms. The number of amides is 1. The third-order valence-electron chi connectivity index (χ3n) is 3.21. The minimum atomic E-state index is -1.14. The van der Waals surface area contributed by atoms with Crippen molar-refractivity contribution < 1.29 is 24.2 Å². The average molecular weight is 333 g/mol. The third-order valence-corrected chi connectivity index (χ3v) is 3.21. The summed E-state index contributed by atoms with van der Waals surface area (Å²) in [4.78, 5) is 31.7. The van der Waals surface area contributed by atoms with Crippen LogP contribution < -0.4 is 5.32 Å². The molecular formula is C16H19N3O5. The van der Waals surface area contributed by atoms with Gasteiger partial charge < -0.3 is 19.9 Å². The molecule has 0 aliphatic carbocycles. The van der Waals surface area contributed by atoms with Crippen LogP contribution in [0.1, 0.15) is 5.69 Å². The molecular weight excluding hydrogens is 314 g/mol. The highest BCUT2D eigenvalue weighted by atomic mass is 16.5. The molecule has 1 aromatic carbocycles. The molecule has 2 N–H and O–H groups in total. The molecule has 0 bridgehead atoms. The number of methoxy groups -OCH3 is 1. The number of carboxylic acids is 1. The van der Waals surface area contributed by atoms with Crippen molar-refractivity contribution in [3.8, 4) is 0 Å². The maximum Gasteiger partial charge on any atom is 0.326 e. The molecule has 0 aliphatic heterocycles. The summed E-state index contributed by atoms with van der Waals surface area (Å²) in [5.41, 5.74) is 1.89. The average Bonchev–Trinajstić information content (AvgIpc) is 2.58. The Bertz CT molecular complexity index is 707. The second-order valence-electron chi connectivity index (χ2n) is 5.06. The second kappa shape index (κ2) is 8.90. The molecule has 0 spiro atoms. The Hall–Kier alpha value is -2.58. The number of rotatable bonds is 9. The Kier molecular flexibility index (Phi) is 6.59. The maximum atomic E-state index is 11.7. The molecule has 0 aliphatic rings. The lowest BCUT2D eigenvalue weighted by atomic mass is 10.1. The van der Waals surface area contributed by atoms with Gasteiger partial charge in [-0.25, -0.2) is 9.78 Å². The van der Waals surface area contributed by atoms with Crippen molar-refractivity contribution in [3.05, 3.63) is 36.2 Å². The van der Waals surface area contributed by atoms with Crippen LogP contribution >= 0.6 is 0 Å². The number of hydrogen-bond acceptors (Lipinski definition) is 6. The van der Waals surface area contributed by atoms with Crippen molar-refractivity contribution in [2.24, 2.45) is 0 Å². The number of carbonyl (C=O) groups is 2.